The minimum absolute atomic E-state index is 0.367. The van der Waals surface area contributed by atoms with Gasteiger partial charge in [-0.15, -0.1) is 0 Å². The normalized spacial score (nSPS) is 14.6. The van der Waals surface area contributed by atoms with Crippen LogP contribution in [0.4, 0.5) is 23.1 Å². The number of ether oxygens (including phenoxy) is 1. The maximum absolute atomic E-state index is 12.7. The quantitative estimate of drug-likeness (QED) is 0.362. The molecule has 0 bridgehead atoms. The zero-order chi connectivity index (χ0) is 24.3. The minimum Gasteiger partial charge on any atom is -0.495 e. The number of para-hydroxylation sites is 1. The SMILES string of the molecule is COc1cc(C2CCNCC2)c(C)cc1Nc1ncc(Cl)c(Nc2ccccc2P(C)(C)=O)n1. The third-order valence-corrected chi connectivity index (χ3v) is 7.92. The van der Waals surface area contributed by atoms with Crippen molar-refractivity contribution in [2.45, 2.75) is 25.7 Å². The van der Waals surface area contributed by atoms with E-state index < -0.39 is 7.14 Å². The van der Waals surface area contributed by atoms with Gasteiger partial charge in [0.15, 0.2) is 5.82 Å². The first-order valence-electron chi connectivity index (χ1n) is 11.4. The second-order valence-electron chi connectivity index (χ2n) is 8.94. The van der Waals surface area contributed by atoms with Crippen molar-refractivity contribution in [3.63, 3.8) is 0 Å². The molecule has 7 nitrogen and oxygen atoms in total. The fourth-order valence-electron chi connectivity index (χ4n) is 4.36. The van der Waals surface area contributed by atoms with E-state index in [1.54, 1.807) is 26.6 Å². The van der Waals surface area contributed by atoms with Gasteiger partial charge < -0.3 is 25.3 Å². The molecular formula is C25H31ClN5O2P. The third kappa shape index (κ3) is 5.54. The van der Waals surface area contributed by atoms with Gasteiger partial charge in [0.1, 0.15) is 17.9 Å². The van der Waals surface area contributed by atoms with E-state index in [-0.39, 0.29) is 0 Å². The molecule has 0 atom stereocenters. The molecule has 1 saturated heterocycles. The summed E-state index contributed by atoms with van der Waals surface area (Å²) in [7, 11) is -0.823. The summed E-state index contributed by atoms with van der Waals surface area (Å²) >= 11 is 6.39. The van der Waals surface area contributed by atoms with Gasteiger partial charge in [-0.2, -0.15) is 4.98 Å². The monoisotopic (exact) mass is 499 g/mol. The van der Waals surface area contributed by atoms with Crippen molar-refractivity contribution in [3.05, 3.63) is 58.7 Å². The van der Waals surface area contributed by atoms with Crippen LogP contribution in [-0.4, -0.2) is 43.5 Å². The molecule has 3 N–H and O–H groups in total. The lowest BCUT2D eigenvalue weighted by Gasteiger charge is -2.25. The summed E-state index contributed by atoms with van der Waals surface area (Å²) in [5, 5.41) is 11.0. The Hall–Kier alpha value is -2.60. The van der Waals surface area contributed by atoms with Crippen LogP contribution in [0.3, 0.4) is 0 Å². The summed E-state index contributed by atoms with van der Waals surface area (Å²) in [4.78, 5) is 8.94. The number of hydrogen-bond acceptors (Lipinski definition) is 7. The second kappa shape index (κ2) is 10.3. The van der Waals surface area contributed by atoms with Crippen LogP contribution in [-0.2, 0) is 4.57 Å². The van der Waals surface area contributed by atoms with Gasteiger partial charge >= 0.3 is 0 Å². The molecular weight excluding hydrogens is 469 g/mol. The maximum Gasteiger partial charge on any atom is 0.229 e. The summed E-state index contributed by atoms with van der Waals surface area (Å²) in [6.07, 6.45) is 3.79. The van der Waals surface area contributed by atoms with E-state index in [0.29, 0.717) is 28.4 Å². The standard InChI is InChI=1S/C25H31ClN5O2P/c1-16-13-21(22(33-2)14-18(16)17-9-11-27-12-10-17)30-25-28-15-19(26)24(31-25)29-20-7-5-6-8-23(20)34(3,4)32/h5-8,13-15,17,27H,9-12H2,1-4H3,(H2,28,29,30,31). The fraction of sp³-hybridized carbons (Fsp3) is 0.360. The Bertz CT molecular complexity index is 1220. The number of nitrogens with zero attached hydrogens (tertiary/aromatic N) is 2. The lowest BCUT2D eigenvalue weighted by Crippen LogP contribution is -2.27. The summed E-state index contributed by atoms with van der Waals surface area (Å²) in [6, 6.07) is 11.7. The van der Waals surface area contributed by atoms with E-state index >= 15 is 0 Å². The average Bonchev–Trinajstić information content (AvgIpc) is 2.81. The average molecular weight is 500 g/mol. The van der Waals surface area contributed by atoms with Gasteiger partial charge in [-0.3, -0.25) is 0 Å². The highest BCUT2D eigenvalue weighted by atomic mass is 35.5. The maximum atomic E-state index is 12.7. The number of aromatic nitrogens is 2. The molecule has 2 heterocycles. The second-order valence-corrected chi connectivity index (χ2v) is 12.5. The van der Waals surface area contributed by atoms with Crippen LogP contribution in [0.25, 0.3) is 0 Å². The Morgan fingerprint density at radius 3 is 2.56 bits per heavy atom. The van der Waals surface area contributed by atoms with Crippen molar-refractivity contribution in [3.8, 4) is 5.75 Å². The van der Waals surface area contributed by atoms with Crippen LogP contribution >= 0.6 is 18.7 Å². The predicted molar refractivity (Wildman–Crippen MR) is 142 cm³/mol. The smallest absolute Gasteiger partial charge is 0.229 e. The van der Waals surface area contributed by atoms with Crippen LogP contribution in [0.5, 0.6) is 5.75 Å². The molecule has 1 fully saturated rings. The van der Waals surface area contributed by atoms with Crippen LogP contribution in [0.2, 0.25) is 5.02 Å². The molecule has 3 aromatic rings. The molecule has 0 saturated carbocycles. The molecule has 2 aromatic carbocycles. The number of rotatable bonds is 7. The molecule has 0 unspecified atom stereocenters. The van der Waals surface area contributed by atoms with Crippen molar-refractivity contribution >= 4 is 47.2 Å². The first kappa shape index (κ1) is 24.5. The summed E-state index contributed by atoms with van der Waals surface area (Å²) in [5.74, 6) is 2.09. The van der Waals surface area contributed by atoms with Crippen molar-refractivity contribution in [1.29, 1.82) is 0 Å². The Balaban J connectivity index is 1.62. The van der Waals surface area contributed by atoms with Crippen LogP contribution < -0.4 is 26.0 Å². The predicted octanol–water partition coefficient (Wildman–Crippen LogP) is 5.65. The third-order valence-electron chi connectivity index (χ3n) is 6.09. The fourth-order valence-corrected chi connectivity index (χ4v) is 5.65. The topological polar surface area (TPSA) is 88.2 Å². The van der Waals surface area contributed by atoms with Crippen molar-refractivity contribution < 1.29 is 9.30 Å². The molecule has 34 heavy (non-hydrogen) atoms. The van der Waals surface area contributed by atoms with E-state index in [1.165, 1.54) is 11.1 Å². The van der Waals surface area contributed by atoms with E-state index in [9.17, 15) is 4.57 Å². The van der Waals surface area contributed by atoms with Gasteiger partial charge in [0, 0.05) is 5.30 Å². The molecule has 0 radical (unpaired) electrons. The molecule has 0 aliphatic carbocycles. The number of methoxy groups -OCH3 is 1. The van der Waals surface area contributed by atoms with E-state index in [0.717, 1.165) is 42.7 Å². The molecule has 0 spiro atoms. The molecule has 0 amide bonds. The lowest BCUT2D eigenvalue weighted by molar-refractivity contribution is 0.413. The highest BCUT2D eigenvalue weighted by Gasteiger charge is 2.20. The number of benzene rings is 2. The van der Waals surface area contributed by atoms with E-state index in [1.807, 2.05) is 24.3 Å². The number of nitrogens with one attached hydrogen (secondary N) is 3. The van der Waals surface area contributed by atoms with Gasteiger partial charge in [0.05, 0.1) is 24.7 Å². The Kier molecular flexibility index (Phi) is 7.46. The van der Waals surface area contributed by atoms with Gasteiger partial charge in [0.2, 0.25) is 5.95 Å². The van der Waals surface area contributed by atoms with Crippen molar-refractivity contribution in [2.75, 3.05) is 44.2 Å². The molecule has 1 aliphatic heterocycles. The molecule has 9 heteroatoms. The van der Waals surface area contributed by atoms with Crippen LogP contribution in [0.1, 0.15) is 29.9 Å². The van der Waals surface area contributed by atoms with Gasteiger partial charge in [-0.1, -0.05) is 23.7 Å². The van der Waals surface area contributed by atoms with Crippen LogP contribution in [0, 0.1) is 6.92 Å². The van der Waals surface area contributed by atoms with E-state index in [4.69, 9.17) is 16.3 Å². The Labute approximate surface area is 206 Å². The number of anilines is 4. The number of piperidine rings is 1. The van der Waals surface area contributed by atoms with Gasteiger partial charge in [0.25, 0.3) is 0 Å². The highest BCUT2D eigenvalue weighted by molar-refractivity contribution is 7.70. The molecule has 4 rings (SSSR count). The lowest BCUT2D eigenvalue weighted by atomic mass is 9.87. The molecule has 180 valence electrons. The zero-order valence-corrected chi connectivity index (χ0v) is 21.6. The van der Waals surface area contributed by atoms with Crippen molar-refractivity contribution in [1.82, 2.24) is 15.3 Å². The summed E-state index contributed by atoms with van der Waals surface area (Å²) < 4.78 is 18.4. The first-order chi connectivity index (χ1) is 16.3. The summed E-state index contributed by atoms with van der Waals surface area (Å²) in [6.45, 7) is 7.68. The first-order valence-corrected chi connectivity index (χ1v) is 14.3. The zero-order valence-electron chi connectivity index (χ0n) is 20.0. The van der Waals surface area contributed by atoms with Crippen molar-refractivity contribution in [2.24, 2.45) is 0 Å². The molecule has 1 aliphatic rings. The van der Waals surface area contributed by atoms with Crippen LogP contribution in [0.15, 0.2) is 42.6 Å². The Morgan fingerprint density at radius 1 is 1.12 bits per heavy atom. The van der Waals surface area contributed by atoms with Gasteiger partial charge in [-0.05, 0) is 87.5 Å². The molecule has 1 aromatic heterocycles. The van der Waals surface area contributed by atoms with E-state index in [2.05, 4.69) is 45.0 Å². The number of aryl methyl sites for hydroxylation is 1. The highest BCUT2D eigenvalue weighted by Crippen LogP contribution is 2.39. The largest absolute Gasteiger partial charge is 0.495 e. The Morgan fingerprint density at radius 2 is 1.85 bits per heavy atom. The number of hydrogen-bond donors (Lipinski definition) is 3. The number of halogens is 1. The summed E-state index contributed by atoms with van der Waals surface area (Å²) in [5.41, 5.74) is 4.03. The van der Waals surface area contributed by atoms with Gasteiger partial charge in [-0.25, -0.2) is 4.98 Å². The minimum atomic E-state index is -2.49.